The molecule has 2 rings (SSSR count). The molecular weight excluding hydrogens is 232 g/mol. The zero-order valence-electron chi connectivity index (χ0n) is 9.83. The van der Waals surface area contributed by atoms with E-state index in [0.29, 0.717) is 10.6 Å². The van der Waals surface area contributed by atoms with Crippen LogP contribution < -0.4 is 0 Å². The van der Waals surface area contributed by atoms with Gasteiger partial charge in [0.1, 0.15) is 0 Å². The Hall–Kier alpha value is -1.60. The molecule has 0 aliphatic rings. The van der Waals surface area contributed by atoms with Crippen molar-refractivity contribution in [2.45, 2.75) is 13.8 Å². The first-order chi connectivity index (χ1) is 8.08. The number of ketones is 1. The molecule has 0 amide bonds. The van der Waals surface area contributed by atoms with Crippen molar-refractivity contribution in [1.29, 1.82) is 0 Å². The highest BCUT2D eigenvalue weighted by atomic mass is 35.5. The fourth-order valence-corrected chi connectivity index (χ4v) is 1.93. The molecule has 0 spiro atoms. The van der Waals surface area contributed by atoms with Crippen molar-refractivity contribution in [3.8, 4) is 11.1 Å². The van der Waals surface area contributed by atoms with Crippen LogP contribution in [0.4, 0.5) is 0 Å². The van der Waals surface area contributed by atoms with Gasteiger partial charge in [0.2, 0.25) is 0 Å². The van der Waals surface area contributed by atoms with Crippen LogP contribution in [0.1, 0.15) is 22.8 Å². The quantitative estimate of drug-likeness (QED) is 0.710. The van der Waals surface area contributed by atoms with Crippen LogP contribution >= 0.6 is 11.6 Å². The van der Waals surface area contributed by atoms with Crippen molar-refractivity contribution < 1.29 is 4.79 Å². The molecule has 0 aromatic heterocycles. The minimum atomic E-state index is 0.0510. The molecule has 2 aromatic rings. The van der Waals surface area contributed by atoms with Gasteiger partial charge < -0.3 is 0 Å². The summed E-state index contributed by atoms with van der Waals surface area (Å²) in [5.41, 5.74) is 3.82. The van der Waals surface area contributed by atoms with Gasteiger partial charge in [0.15, 0.2) is 5.78 Å². The van der Waals surface area contributed by atoms with Crippen LogP contribution in [0.25, 0.3) is 11.1 Å². The summed E-state index contributed by atoms with van der Waals surface area (Å²) < 4.78 is 0. The number of carbonyl (C=O) groups is 1. The molecule has 0 radical (unpaired) electrons. The molecule has 0 heterocycles. The molecular formula is C15H13ClO. The van der Waals surface area contributed by atoms with E-state index < -0.39 is 0 Å². The van der Waals surface area contributed by atoms with Crippen molar-refractivity contribution in [2.75, 3.05) is 0 Å². The second kappa shape index (κ2) is 4.72. The maximum absolute atomic E-state index is 11.4. The van der Waals surface area contributed by atoms with Crippen molar-refractivity contribution >= 4 is 17.4 Å². The predicted molar refractivity (Wildman–Crippen MR) is 71.6 cm³/mol. The van der Waals surface area contributed by atoms with Crippen LogP contribution in [0.2, 0.25) is 5.02 Å². The van der Waals surface area contributed by atoms with E-state index in [-0.39, 0.29) is 5.78 Å². The number of benzene rings is 2. The molecule has 86 valence electrons. The Morgan fingerprint density at radius 1 is 1.06 bits per heavy atom. The first kappa shape index (κ1) is 11.9. The largest absolute Gasteiger partial charge is 0.295 e. The van der Waals surface area contributed by atoms with Crippen molar-refractivity contribution in [1.82, 2.24) is 0 Å². The van der Waals surface area contributed by atoms with E-state index in [1.807, 2.05) is 37.3 Å². The number of carbonyl (C=O) groups excluding carboxylic acids is 1. The minimum absolute atomic E-state index is 0.0510. The molecule has 2 heteroatoms. The van der Waals surface area contributed by atoms with Gasteiger partial charge in [-0.05, 0) is 37.6 Å². The molecule has 0 aliphatic carbocycles. The van der Waals surface area contributed by atoms with Crippen LogP contribution in [0.15, 0.2) is 42.5 Å². The highest BCUT2D eigenvalue weighted by molar-refractivity contribution is 6.33. The summed E-state index contributed by atoms with van der Waals surface area (Å²) >= 11 is 6.16. The molecule has 0 aliphatic heterocycles. The van der Waals surface area contributed by atoms with E-state index in [2.05, 4.69) is 0 Å². The zero-order valence-corrected chi connectivity index (χ0v) is 10.6. The molecule has 0 unspecified atom stereocenters. The molecule has 0 bridgehead atoms. The lowest BCUT2D eigenvalue weighted by atomic mass is 10.0. The standard InChI is InChI=1S/C15H13ClO/c1-10-3-5-12(6-4-10)14-9-13(11(2)17)7-8-15(14)16/h3-9H,1-2H3. The number of rotatable bonds is 2. The summed E-state index contributed by atoms with van der Waals surface area (Å²) in [5.74, 6) is 0.0510. The second-order valence-corrected chi connectivity index (χ2v) is 4.52. The van der Waals surface area contributed by atoms with E-state index >= 15 is 0 Å². The molecule has 2 aromatic carbocycles. The SMILES string of the molecule is CC(=O)c1ccc(Cl)c(-c2ccc(C)cc2)c1. The summed E-state index contributed by atoms with van der Waals surface area (Å²) in [6, 6.07) is 13.5. The Morgan fingerprint density at radius 3 is 2.29 bits per heavy atom. The average Bonchev–Trinajstić information content (AvgIpc) is 2.31. The number of hydrogen-bond acceptors (Lipinski definition) is 1. The van der Waals surface area contributed by atoms with Crippen LogP contribution in [0.5, 0.6) is 0 Å². The van der Waals surface area contributed by atoms with Crippen molar-refractivity contribution in [3.63, 3.8) is 0 Å². The summed E-state index contributed by atoms with van der Waals surface area (Å²) in [6.45, 7) is 3.60. The molecule has 17 heavy (non-hydrogen) atoms. The van der Waals surface area contributed by atoms with Gasteiger partial charge in [0.05, 0.1) is 0 Å². The smallest absolute Gasteiger partial charge is 0.159 e. The van der Waals surface area contributed by atoms with Gasteiger partial charge in [-0.1, -0.05) is 41.4 Å². The van der Waals surface area contributed by atoms with Crippen LogP contribution in [-0.4, -0.2) is 5.78 Å². The lowest BCUT2D eigenvalue weighted by molar-refractivity contribution is 0.101. The van der Waals surface area contributed by atoms with Crippen LogP contribution in [-0.2, 0) is 0 Å². The van der Waals surface area contributed by atoms with Gasteiger partial charge in [-0.2, -0.15) is 0 Å². The summed E-state index contributed by atoms with van der Waals surface area (Å²) in [7, 11) is 0. The maximum atomic E-state index is 11.4. The molecule has 0 saturated heterocycles. The molecule has 0 N–H and O–H groups in total. The highest BCUT2D eigenvalue weighted by Gasteiger charge is 2.07. The average molecular weight is 245 g/mol. The normalized spacial score (nSPS) is 10.3. The van der Waals surface area contributed by atoms with E-state index in [1.165, 1.54) is 5.56 Å². The monoisotopic (exact) mass is 244 g/mol. The Balaban J connectivity index is 2.54. The first-order valence-electron chi connectivity index (χ1n) is 5.45. The van der Waals surface area contributed by atoms with E-state index in [1.54, 1.807) is 19.1 Å². The Morgan fingerprint density at radius 2 is 1.71 bits per heavy atom. The minimum Gasteiger partial charge on any atom is -0.295 e. The van der Waals surface area contributed by atoms with E-state index in [9.17, 15) is 4.79 Å². The number of halogens is 1. The lowest BCUT2D eigenvalue weighted by Crippen LogP contribution is -1.92. The number of Topliss-reactive ketones (excluding diaryl/α,β-unsaturated/α-hetero) is 1. The van der Waals surface area contributed by atoms with Gasteiger partial charge in [0, 0.05) is 16.1 Å². The van der Waals surface area contributed by atoms with Gasteiger partial charge in [-0.25, -0.2) is 0 Å². The topological polar surface area (TPSA) is 17.1 Å². The van der Waals surface area contributed by atoms with Gasteiger partial charge >= 0.3 is 0 Å². The fraction of sp³-hybridized carbons (Fsp3) is 0.133. The summed E-state index contributed by atoms with van der Waals surface area (Å²) in [6.07, 6.45) is 0. The Bertz CT molecular complexity index is 556. The number of hydrogen-bond donors (Lipinski definition) is 0. The third-order valence-corrected chi connectivity index (χ3v) is 3.07. The molecule has 0 saturated carbocycles. The fourth-order valence-electron chi connectivity index (χ4n) is 1.70. The van der Waals surface area contributed by atoms with Crippen LogP contribution in [0, 0.1) is 6.92 Å². The first-order valence-corrected chi connectivity index (χ1v) is 5.83. The van der Waals surface area contributed by atoms with Crippen LogP contribution in [0.3, 0.4) is 0 Å². The zero-order chi connectivity index (χ0) is 12.4. The van der Waals surface area contributed by atoms with E-state index in [0.717, 1.165) is 11.1 Å². The Kier molecular flexibility index (Phi) is 3.30. The van der Waals surface area contributed by atoms with E-state index in [4.69, 9.17) is 11.6 Å². The summed E-state index contributed by atoms with van der Waals surface area (Å²) in [5, 5.41) is 0.666. The molecule has 0 fully saturated rings. The van der Waals surface area contributed by atoms with Crippen molar-refractivity contribution in [3.05, 3.63) is 58.6 Å². The maximum Gasteiger partial charge on any atom is 0.159 e. The predicted octanol–water partition coefficient (Wildman–Crippen LogP) is 4.52. The molecule has 0 atom stereocenters. The van der Waals surface area contributed by atoms with Crippen molar-refractivity contribution in [2.24, 2.45) is 0 Å². The van der Waals surface area contributed by atoms with Gasteiger partial charge in [-0.15, -0.1) is 0 Å². The highest BCUT2D eigenvalue weighted by Crippen LogP contribution is 2.29. The molecule has 1 nitrogen and oxygen atoms in total. The third-order valence-electron chi connectivity index (χ3n) is 2.74. The lowest BCUT2D eigenvalue weighted by Gasteiger charge is -2.06. The number of aryl methyl sites for hydroxylation is 1. The Labute approximate surface area is 106 Å². The van der Waals surface area contributed by atoms with Gasteiger partial charge in [0.25, 0.3) is 0 Å². The van der Waals surface area contributed by atoms with Gasteiger partial charge in [-0.3, -0.25) is 4.79 Å². The third kappa shape index (κ3) is 2.56. The summed E-state index contributed by atoms with van der Waals surface area (Å²) in [4.78, 5) is 11.4. The second-order valence-electron chi connectivity index (χ2n) is 4.12.